The largest absolute Gasteiger partial charge is 0.483 e. The lowest BCUT2D eigenvalue weighted by Gasteiger charge is -2.32. The van der Waals surface area contributed by atoms with Crippen LogP contribution in [0, 0.1) is 5.92 Å². The van der Waals surface area contributed by atoms with Gasteiger partial charge in [-0.3, -0.25) is 34.2 Å². The van der Waals surface area contributed by atoms with Crippen LogP contribution in [0.4, 0.5) is 0 Å². The van der Waals surface area contributed by atoms with Crippen LogP contribution in [0.2, 0.25) is 0 Å². The van der Waals surface area contributed by atoms with Gasteiger partial charge >= 0.3 is 0 Å². The number of imide groups is 2. The van der Waals surface area contributed by atoms with Crippen molar-refractivity contribution in [3.63, 3.8) is 0 Å². The molecule has 0 spiro atoms. The molecule has 1 aromatic rings. The van der Waals surface area contributed by atoms with E-state index in [2.05, 4.69) is 5.32 Å². The molecule has 4 rings (SSSR count). The van der Waals surface area contributed by atoms with E-state index in [-0.39, 0.29) is 48.2 Å². The summed E-state index contributed by atoms with van der Waals surface area (Å²) in [5.74, 6) is -2.23. The van der Waals surface area contributed by atoms with Gasteiger partial charge in [0.2, 0.25) is 11.8 Å². The molecule has 1 aromatic carbocycles. The first-order chi connectivity index (χ1) is 14.9. The first-order valence-electron chi connectivity index (χ1n) is 10.4. The highest BCUT2D eigenvalue weighted by Gasteiger charge is 2.46. The summed E-state index contributed by atoms with van der Waals surface area (Å²) in [6.07, 6.45) is 1.98. The molecule has 3 aliphatic rings. The van der Waals surface area contributed by atoms with Crippen molar-refractivity contribution in [1.82, 2.24) is 15.1 Å². The molecule has 1 unspecified atom stereocenters. The van der Waals surface area contributed by atoms with Crippen molar-refractivity contribution in [2.24, 2.45) is 11.7 Å². The van der Waals surface area contributed by atoms with E-state index in [1.807, 2.05) is 0 Å². The molecule has 3 heterocycles. The van der Waals surface area contributed by atoms with E-state index in [4.69, 9.17) is 10.5 Å². The third kappa shape index (κ3) is 3.90. The first-order valence-corrected chi connectivity index (χ1v) is 10.4. The molecule has 0 aromatic heterocycles. The third-order valence-electron chi connectivity index (χ3n) is 5.99. The molecule has 10 nitrogen and oxygen atoms in total. The van der Waals surface area contributed by atoms with Crippen LogP contribution in [0.5, 0.6) is 5.75 Å². The fourth-order valence-electron chi connectivity index (χ4n) is 4.32. The highest BCUT2D eigenvalue weighted by Crippen LogP contribution is 2.33. The van der Waals surface area contributed by atoms with Crippen LogP contribution in [-0.2, 0) is 14.4 Å². The van der Waals surface area contributed by atoms with Crippen molar-refractivity contribution >= 4 is 29.5 Å². The van der Waals surface area contributed by atoms with E-state index >= 15 is 0 Å². The van der Waals surface area contributed by atoms with Crippen LogP contribution < -0.4 is 15.8 Å². The number of benzene rings is 1. The Morgan fingerprint density at radius 1 is 1.16 bits per heavy atom. The maximum atomic E-state index is 13.0. The van der Waals surface area contributed by atoms with E-state index in [0.29, 0.717) is 19.6 Å². The highest BCUT2D eigenvalue weighted by atomic mass is 16.5. The minimum absolute atomic E-state index is 0.0310. The van der Waals surface area contributed by atoms with Gasteiger partial charge in [-0.2, -0.15) is 0 Å². The lowest BCUT2D eigenvalue weighted by molar-refractivity contribution is -0.136. The number of nitrogens with one attached hydrogen (secondary N) is 1. The number of fused-ring (bicyclic) bond motifs is 1. The number of likely N-dealkylation sites (tertiary alicyclic amines) is 1. The van der Waals surface area contributed by atoms with Gasteiger partial charge in [0.25, 0.3) is 17.7 Å². The molecule has 164 valence electrons. The van der Waals surface area contributed by atoms with E-state index < -0.39 is 29.7 Å². The Bertz CT molecular complexity index is 961. The number of piperidine rings is 2. The van der Waals surface area contributed by atoms with E-state index in [9.17, 15) is 24.0 Å². The molecule has 3 N–H and O–H groups in total. The number of carbonyl (C=O) groups excluding carboxylic acids is 5. The van der Waals surface area contributed by atoms with Crippen molar-refractivity contribution in [2.75, 3.05) is 26.2 Å². The lowest BCUT2D eigenvalue weighted by Crippen LogP contribution is -2.54. The number of rotatable bonds is 5. The molecular weight excluding hydrogens is 404 g/mol. The molecular formula is C21H24N4O6. The quantitative estimate of drug-likeness (QED) is 0.612. The van der Waals surface area contributed by atoms with Crippen LogP contribution in [0.1, 0.15) is 46.4 Å². The molecule has 2 fully saturated rings. The van der Waals surface area contributed by atoms with Gasteiger partial charge in [0, 0.05) is 19.5 Å². The number of hydrogen-bond acceptors (Lipinski definition) is 7. The Morgan fingerprint density at radius 3 is 2.71 bits per heavy atom. The number of ether oxygens (including phenoxy) is 1. The molecule has 3 aliphatic heterocycles. The van der Waals surface area contributed by atoms with Crippen LogP contribution in [0.15, 0.2) is 18.2 Å². The Balaban J connectivity index is 1.49. The van der Waals surface area contributed by atoms with E-state index in [0.717, 1.165) is 17.7 Å². The minimum Gasteiger partial charge on any atom is -0.483 e. The topological polar surface area (TPSA) is 139 Å². The SMILES string of the molecule is NC[C@H]1CCCN(C(=O)COc2cccc3c2C(=O)N(C2CCC(=O)NC2=O)C3=O)C1. The van der Waals surface area contributed by atoms with Gasteiger partial charge in [0.05, 0.1) is 11.1 Å². The molecule has 0 aliphatic carbocycles. The summed E-state index contributed by atoms with van der Waals surface area (Å²) in [4.78, 5) is 64.6. The smallest absolute Gasteiger partial charge is 0.266 e. The van der Waals surface area contributed by atoms with E-state index in [1.165, 1.54) is 12.1 Å². The number of carbonyl (C=O) groups is 5. The second kappa shape index (κ2) is 8.46. The molecule has 0 saturated carbocycles. The number of nitrogens with zero attached hydrogens (tertiary/aromatic N) is 2. The van der Waals surface area contributed by atoms with Gasteiger partial charge in [-0.1, -0.05) is 6.07 Å². The van der Waals surface area contributed by atoms with Crippen molar-refractivity contribution in [3.8, 4) is 5.75 Å². The zero-order valence-electron chi connectivity index (χ0n) is 17.0. The maximum Gasteiger partial charge on any atom is 0.266 e. The summed E-state index contributed by atoms with van der Waals surface area (Å²) in [5, 5.41) is 2.16. The third-order valence-corrected chi connectivity index (χ3v) is 5.99. The Labute approximate surface area is 178 Å². The van der Waals surface area contributed by atoms with Gasteiger partial charge in [0.15, 0.2) is 6.61 Å². The van der Waals surface area contributed by atoms with Crippen LogP contribution in [-0.4, -0.2) is 71.6 Å². The molecule has 0 radical (unpaired) electrons. The summed E-state index contributed by atoms with van der Waals surface area (Å²) >= 11 is 0. The monoisotopic (exact) mass is 428 g/mol. The zero-order chi connectivity index (χ0) is 22.1. The first kappa shape index (κ1) is 21.0. The number of nitrogens with two attached hydrogens (primary N) is 1. The van der Waals surface area contributed by atoms with Crippen molar-refractivity contribution in [3.05, 3.63) is 29.3 Å². The molecule has 0 bridgehead atoms. The van der Waals surface area contributed by atoms with Gasteiger partial charge in [-0.25, -0.2) is 0 Å². The average Bonchev–Trinajstić information content (AvgIpc) is 3.03. The fraction of sp³-hybridized carbons (Fsp3) is 0.476. The molecule has 31 heavy (non-hydrogen) atoms. The minimum atomic E-state index is -1.05. The van der Waals surface area contributed by atoms with Crippen molar-refractivity contribution in [2.45, 2.75) is 31.7 Å². The fourth-order valence-corrected chi connectivity index (χ4v) is 4.32. The molecule has 2 atom stereocenters. The Hall–Kier alpha value is -3.27. The van der Waals surface area contributed by atoms with Crippen LogP contribution in [0.3, 0.4) is 0 Å². The van der Waals surface area contributed by atoms with Crippen molar-refractivity contribution < 1.29 is 28.7 Å². The van der Waals surface area contributed by atoms with E-state index in [1.54, 1.807) is 11.0 Å². The second-order valence-corrected chi connectivity index (χ2v) is 8.00. The predicted molar refractivity (Wildman–Crippen MR) is 107 cm³/mol. The lowest BCUT2D eigenvalue weighted by atomic mass is 9.98. The van der Waals surface area contributed by atoms with Gasteiger partial charge in [-0.15, -0.1) is 0 Å². The zero-order valence-corrected chi connectivity index (χ0v) is 17.0. The molecule has 5 amide bonds. The standard InChI is InChI=1S/C21H24N4O6/c22-9-12-3-2-8-24(10-12)17(27)11-31-15-5-1-4-13-18(15)21(30)25(20(13)29)14-6-7-16(26)23-19(14)28/h1,4-5,12,14H,2-3,6-11,22H2,(H,23,26,28)/t12-,14?/m1/s1. The molecule has 2 saturated heterocycles. The summed E-state index contributed by atoms with van der Waals surface area (Å²) in [7, 11) is 0. The summed E-state index contributed by atoms with van der Waals surface area (Å²) < 4.78 is 5.65. The summed E-state index contributed by atoms with van der Waals surface area (Å²) in [5.41, 5.74) is 5.86. The average molecular weight is 428 g/mol. The Kier molecular flexibility index (Phi) is 5.73. The molecule has 10 heteroatoms. The van der Waals surface area contributed by atoms with Crippen molar-refractivity contribution in [1.29, 1.82) is 0 Å². The van der Waals surface area contributed by atoms with Crippen LogP contribution >= 0.6 is 0 Å². The predicted octanol–water partition coefficient (Wildman–Crippen LogP) is -0.336. The number of hydrogen-bond donors (Lipinski definition) is 2. The second-order valence-electron chi connectivity index (χ2n) is 8.00. The van der Waals surface area contributed by atoms with Gasteiger partial charge in [-0.05, 0) is 43.9 Å². The highest BCUT2D eigenvalue weighted by molar-refractivity contribution is 6.24. The Morgan fingerprint density at radius 2 is 1.97 bits per heavy atom. The number of amides is 5. The van der Waals surface area contributed by atoms with Gasteiger partial charge < -0.3 is 15.4 Å². The van der Waals surface area contributed by atoms with Gasteiger partial charge in [0.1, 0.15) is 11.8 Å². The summed E-state index contributed by atoms with van der Waals surface area (Å²) in [6.45, 7) is 1.45. The summed E-state index contributed by atoms with van der Waals surface area (Å²) in [6, 6.07) is 3.50. The van der Waals surface area contributed by atoms with Crippen LogP contribution in [0.25, 0.3) is 0 Å². The normalized spacial score (nSPS) is 23.6. The maximum absolute atomic E-state index is 13.0.